The van der Waals surface area contributed by atoms with Gasteiger partial charge in [0.05, 0.1) is 5.52 Å². The highest BCUT2D eigenvalue weighted by atomic mass is 32.1. The van der Waals surface area contributed by atoms with Crippen molar-refractivity contribution in [2.75, 3.05) is 62.6 Å². The molecule has 0 aliphatic carbocycles. The number of amides is 2. The molecule has 2 amide bonds. The summed E-state index contributed by atoms with van der Waals surface area (Å²) < 4.78 is 5.46. The Kier molecular flexibility index (Phi) is 12.0. The van der Waals surface area contributed by atoms with Gasteiger partial charge < -0.3 is 35.4 Å². The maximum Gasteiger partial charge on any atom is 0.408 e. The van der Waals surface area contributed by atoms with Crippen molar-refractivity contribution in [2.24, 2.45) is 0 Å². The van der Waals surface area contributed by atoms with Gasteiger partial charge in [-0.3, -0.25) is 4.79 Å². The Labute approximate surface area is 272 Å². The van der Waals surface area contributed by atoms with E-state index in [0.717, 1.165) is 54.2 Å². The molecule has 45 heavy (non-hydrogen) atoms. The van der Waals surface area contributed by atoms with Crippen LogP contribution in [0.5, 0.6) is 0 Å². The molecule has 10 nitrogen and oxygen atoms in total. The van der Waals surface area contributed by atoms with Crippen molar-refractivity contribution in [2.45, 2.75) is 52.7 Å². The number of nitrogens with one attached hydrogen (secondary N) is 3. The lowest BCUT2D eigenvalue weighted by molar-refractivity contribution is -0.133. The number of ether oxygens (including phenoxy) is 1. The number of aromatic nitrogens is 1. The zero-order valence-electron chi connectivity index (χ0n) is 27.1. The van der Waals surface area contributed by atoms with Crippen molar-refractivity contribution in [1.82, 2.24) is 25.4 Å². The maximum absolute atomic E-state index is 13.6. The summed E-state index contributed by atoms with van der Waals surface area (Å²) in [5.74, 6) is 0.757. The lowest BCUT2D eigenvalue weighted by atomic mass is 10.0. The summed E-state index contributed by atoms with van der Waals surface area (Å²) >= 11 is 5.49. The van der Waals surface area contributed by atoms with Crippen molar-refractivity contribution in [3.8, 4) is 0 Å². The highest BCUT2D eigenvalue weighted by Crippen LogP contribution is 2.23. The van der Waals surface area contributed by atoms with E-state index in [0.29, 0.717) is 37.7 Å². The fourth-order valence-corrected chi connectivity index (χ4v) is 5.51. The monoisotopic (exact) mass is 633 g/mol. The van der Waals surface area contributed by atoms with Gasteiger partial charge in [-0.1, -0.05) is 44.2 Å². The molecular formula is C34H47N7O3S. The molecule has 1 aliphatic heterocycles. The van der Waals surface area contributed by atoms with Crippen LogP contribution < -0.4 is 20.9 Å². The summed E-state index contributed by atoms with van der Waals surface area (Å²) in [5.41, 5.74) is 2.12. The Morgan fingerprint density at radius 2 is 1.71 bits per heavy atom. The molecule has 0 radical (unpaired) electrons. The molecule has 11 heteroatoms. The van der Waals surface area contributed by atoms with Crippen LogP contribution in [0.1, 0.15) is 40.2 Å². The van der Waals surface area contributed by atoms with E-state index in [2.05, 4.69) is 45.7 Å². The van der Waals surface area contributed by atoms with Crippen molar-refractivity contribution in [3.63, 3.8) is 0 Å². The Balaban J connectivity index is 1.34. The van der Waals surface area contributed by atoms with Gasteiger partial charge in [-0.05, 0) is 82.0 Å². The molecule has 0 bridgehead atoms. The van der Waals surface area contributed by atoms with Gasteiger partial charge in [0.2, 0.25) is 5.91 Å². The highest BCUT2D eigenvalue weighted by molar-refractivity contribution is 7.80. The second kappa shape index (κ2) is 15.9. The third-order valence-corrected chi connectivity index (χ3v) is 7.97. The third kappa shape index (κ3) is 10.3. The predicted octanol–water partition coefficient (Wildman–Crippen LogP) is 4.65. The van der Waals surface area contributed by atoms with Crippen LogP contribution in [0.4, 0.5) is 16.3 Å². The maximum atomic E-state index is 13.6. The number of benzene rings is 2. The summed E-state index contributed by atoms with van der Waals surface area (Å²) in [6.07, 6.45) is -0.207. The Bertz CT molecular complexity index is 1430. The summed E-state index contributed by atoms with van der Waals surface area (Å²) in [6.45, 7) is 15.9. The molecule has 1 fully saturated rings. The highest BCUT2D eigenvalue weighted by Gasteiger charge is 2.30. The third-order valence-electron chi connectivity index (χ3n) is 7.73. The first-order valence-electron chi connectivity index (χ1n) is 15.8. The molecule has 0 spiro atoms. The number of hydrogen-bond acceptors (Lipinski definition) is 7. The number of pyridine rings is 1. The molecule has 1 atom stereocenters. The number of anilines is 2. The van der Waals surface area contributed by atoms with Crippen molar-refractivity contribution in [3.05, 3.63) is 66.2 Å². The smallest absolute Gasteiger partial charge is 0.408 e. The van der Waals surface area contributed by atoms with Gasteiger partial charge in [0.25, 0.3) is 0 Å². The molecular weight excluding hydrogens is 586 g/mol. The van der Waals surface area contributed by atoms with Crippen LogP contribution >= 0.6 is 12.2 Å². The van der Waals surface area contributed by atoms with Gasteiger partial charge in [-0.15, -0.1) is 0 Å². The number of alkyl carbamates (subject to hydrolysis) is 1. The summed E-state index contributed by atoms with van der Waals surface area (Å²) in [4.78, 5) is 37.5. The molecule has 2 heterocycles. The number of carbonyl (C=O) groups is 2. The number of rotatable bonds is 11. The molecule has 3 aromatic rings. The molecule has 0 saturated carbocycles. The van der Waals surface area contributed by atoms with E-state index < -0.39 is 17.7 Å². The number of likely N-dealkylation sites (N-methyl/N-ethyl adjacent to an activating group) is 1. The second-order valence-corrected chi connectivity index (χ2v) is 12.6. The predicted molar refractivity (Wildman–Crippen MR) is 186 cm³/mol. The second-order valence-electron chi connectivity index (χ2n) is 12.2. The standard InChI is InChI=1S/C34H47N7O3S/c1-6-39(7-2)18-17-35-32(45)36-27-14-15-28-26(24-27)13-16-30(37-28)40-19-21-41(22-20-40)31(42)29(23-25-11-9-8-10-12-25)38-33(43)44-34(3,4)5/h8-16,24,29H,6-7,17-23H2,1-5H3,(H,38,43)(H2,35,36,45)/t29-/m0/s1. The van der Waals surface area contributed by atoms with Gasteiger partial charge in [0.1, 0.15) is 17.5 Å². The molecule has 1 saturated heterocycles. The molecule has 242 valence electrons. The minimum absolute atomic E-state index is 0.115. The van der Waals surface area contributed by atoms with Gasteiger partial charge in [0, 0.05) is 56.8 Å². The number of hydrogen-bond donors (Lipinski definition) is 3. The Morgan fingerprint density at radius 3 is 2.38 bits per heavy atom. The fourth-order valence-electron chi connectivity index (χ4n) is 5.29. The lowest BCUT2D eigenvalue weighted by Crippen LogP contribution is -2.56. The molecule has 3 N–H and O–H groups in total. The SMILES string of the molecule is CCN(CC)CCNC(=S)Nc1ccc2nc(N3CCN(C(=O)[C@H](Cc4ccccc4)NC(=O)OC(C)(C)C)CC3)ccc2c1. The number of thiocarbonyl (C=S) groups is 1. The van der Waals surface area contributed by atoms with Crippen molar-refractivity contribution >= 4 is 51.7 Å². The van der Waals surface area contributed by atoms with Crippen LogP contribution in [-0.2, 0) is 16.0 Å². The van der Waals surface area contributed by atoms with Gasteiger partial charge in [-0.25, -0.2) is 9.78 Å². The first kappa shape index (κ1) is 33.9. The molecule has 4 rings (SSSR count). The minimum Gasteiger partial charge on any atom is -0.444 e. The van der Waals surface area contributed by atoms with Crippen LogP contribution in [0.25, 0.3) is 10.9 Å². The van der Waals surface area contributed by atoms with E-state index in [1.807, 2.05) is 59.5 Å². The Morgan fingerprint density at radius 1 is 1.00 bits per heavy atom. The topological polar surface area (TPSA) is 102 Å². The lowest BCUT2D eigenvalue weighted by Gasteiger charge is -2.37. The van der Waals surface area contributed by atoms with Crippen molar-refractivity contribution < 1.29 is 14.3 Å². The first-order chi connectivity index (χ1) is 21.5. The number of nitrogens with zero attached hydrogens (tertiary/aromatic N) is 4. The van der Waals surface area contributed by atoms with Gasteiger partial charge in [0.15, 0.2) is 5.11 Å². The van der Waals surface area contributed by atoms with E-state index in [1.54, 1.807) is 20.8 Å². The first-order valence-corrected chi connectivity index (χ1v) is 16.2. The molecule has 1 aromatic heterocycles. The van der Waals surface area contributed by atoms with Crippen LogP contribution in [0.3, 0.4) is 0 Å². The summed E-state index contributed by atoms with van der Waals surface area (Å²) in [5, 5.41) is 11.0. The molecule has 2 aromatic carbocycles. The minimum atomic E-state index is -0.721. The number of piperazine rings is 1. The van der Waals surface area contributed by atoms with Crippen LogP contribution in [0.15, 0.2) is 60.7 Å². The summed E-state index contributed by atoms with van der Waals surface area (Å²) in [7, 11) is 0. The zero-order chi connectivity index (χ0) is 32.4. The number of carbonyl (C=O) groups excluding carboxylic acids is 2. The average Bonchev–Trinajstić information content (AvgIpc) is 3.02. The largest absolute Gasteiger partial charge is 0.444 e. The number of fused-ring (bicyclic) bond motifs is 1. The normalized spacial score (nSPS) is 14.3. The molecule has 0 unspecified atom stereocenters. The van der Waals surface area contributed by atoms with Gasteiger partial charge in [-0.2, -0.15) is 0 Å². The van der Waals surface area contributed by atoms with Crippen LogP contribution in [0, 0.1) is 0 Å². The van der Waals surface area contributed by atoms with E-state index in [9.17, 15) is 9.59 Å². The fraction of sp³-hybridized carbons (Fsp3) is 0.471. The van der Waals surface area contributed by atoms with Crippen LogP contribution in [-0.4, -0.2) is 95.9 Å². The van der Waals surface area contributed by atoms with Gasteiger partial charge >= 0.3 is 6.09 Å². The van der Waals surface area contributed by atoms with Crippen LogP contribution in [0.2, 0.25) is 0 Å². The van der Waals surface area contributed by atoms with E-state index in [1.165, 1.54) is 0 Å². The van der Waals surface area contributed by atoms with E-state index in [4.69, 9.17) is 21.9 Å². The molecule has 1 aliphatic rings. The summed E-state index contributed by atoms with van der Waals surface area (Å²) in [6, 6.07) is 19.1. The average molecular weight is 634 g/mol. The van der Waals surface area contributed by atoms with E-state index >= 15 is 0 Å². The van der Waals surface area contributed by atoms with Crippen molar-refractivity contribution in [1.29, 1.82) is 0 Å². The zero-order valence-corrected chi connectivity index (χ0v) is 28.0. The quantitative estimate of drug-likeness (QED) is 0.261. The Hall–Kier alpha value is -3.96. The van der Waals surface area contributed by atoms with E-state index in [-0.39, 0.29) is 5.91 Å².